The molecule has 0 saturated carbocycles. The summed E-state index contributed by atoms with van der Waals surface area (Å²) in [6.07, 6.45) is 0. The Morgan fingerprint density at radius 2 is 2.21 bits per heavy atom. The summed E-state index contributed by atoms with van der Waals surface area (Å²) in [5.41, 5.74) is 0.497. The van der Waals surface area contributed by atoms with Crippen LogP contribution in [0.5, 0.6) is 0 Å². The van der Waals surface area contributed by atoms with Crippen LogP contribution in [-0.2, 0) is 15.9 Å². The number of nitrogens with one attached hydrogen (secondary N) is 1. The van der Waals surface area contributed by atoms with Gasteiger partial charge < -0.3 is 9.87 Å². The molecule has 14 heavy (non-hydrogen) atoms. The van der Waals surface area contributed by atoms with Crippen LogP contribution in [0.25, 0.3) is 0 Å². The van der Waals surface area contributed by atoms with Crippen molar-refractivity contribution in [1.82, 2.24) is 0 Å². The Balaban J connectivity index is 3.00. The molecule has 1 aromatic rings. The molecule has 2 N–H and O–H groups in total. The van der Waals surface area contributed by atoms with Crippen LogP contribution in [0.15, 0.2) is 23.1 Å². The molecule has 0 aliphatic rings. The summed E-state index contributed by atoms with van der Waals surface area (Å²) in [6, 6.07) is 4.33. The van der Waals surface area contributed by atoms with Gasteiger partial charge in [-0.15, -0.1) is 0 Å². The van der Waals surface area contributed by atoms with Crippen molar-refractivity contribution >= 4 is 34.3 Å². The fourth-order valence-corrected chi connectivity index (χ4v) is 1.71. The summed E-state index contributed by atoms with van der Waals surface area (Å²) in [5, 5.41) is 2.66. The van der Waals surface area contributed by atoms with Gasteiger partial charge in [0.15, 0.2) is 11.1 Å². The highest BCUT2D eigenvalue weighted by atomic mass is 35.5. The van der Waals surface area contributed by atoms with E-state index in [4.69, 9.17) is 16.2 Å². The smallest absolute Gasteiger partial charge is 0.221 e. The Kier molecular flexibility index (Phi) is 3.62. The molecule has 1 aromatic carbocycles. The van der Waals surface area contributed by atoms with Crippen molar-refractivity contribution in [2.24, 2.45) is 0 Å². The minimum Gasteiger partial charge on any atom is -0.326 e. The Morgan fingerprint density at radius 1 is 1.57 bits per heavy atom. The minimum atomic E-state index is -2.11. The molecule has 0 aliphatic heterocycles. The lowest BCUT2D eigenvalue weighted by Gasteiger charge is -2.04. The molecule has 1 unspecified atom stereocenters. The number of benzene rings is 1. The zero-order chi connectivity index (χ0) is 10.7. The lowest BCUT2D eigenvalue weighted by Crippen LogP contribution is -2.05. The molecule has 4 nitrogen and oxygen atoms in total. The number of amides is 1. The average molecular weight is 234 g/mol. The van der Waals surface area contributed by atoms with Crippen molar-refractivity contribution in [3.05, 3.63) is 23.2 Å². The van der Waals surface area contributed by atoms with Gasteiger partial charge in [-0.05, 0) is 18.2 Å². The maximum Gasteiger partial charge on any atom is 0.221 e. The van der Waals surface area contributed by atoms with Crippen LogP contribution in [-0.4, -0.2) is 14.7 Å². The molecule has 6 heteroatoms. The molecular formula is C8H8ClNO3S. The molecule has 1 rings (SSSR count). The second-order valence-corrected chi connectivity index (χ2v) is 3.92. The Labute approximate surface area is 88.6 Å². The van der Waals surface area contributed by atoms with Crippen molar-refractivity contribution in [1.29, 1.82) is 0 Å². The third kappa shape index (κ3) is 2.80. The van der Waals surface area contributed by atoms with Crippen LogP contribution in [0.3, 0.4) is 0 Å². The maximum atomic E-state index is 10.7. The van der Waals surface area contributed by atoms with Gasteiger partial charge in [-0.2, -0.15) is 0 Å². The van der Waals surface area contributed by atoms with Crippen LogP contribution in [0.1, 0.15) is 6.92 Å². The fourth-order valence-electron chi connectivity index (χ4n) is 0.923. The first-order chi connectivity index (χ1) is 6.50. The van der Waals surface area contributed by atoms with Crippen molar-refractivity contribution in [2.45, 2.75) is 11.8 Å². The van der Waals surface area contributed by atoms with E-state index in [1.165, 1.54) is 25.1 Å². The SMILES string of the molecule is CC(=O)Nc1ccc(S(=O)O)c(Cl)c1. The third-order valence-electron chi connectivity index (χ3n) is 1.44. The van der Waals surface area contributed by atoms with E-state index in [0.717, 1.165) is 0 Å². The number of hydrogen-bond acceptors (Lipinski definition) is 2. The number of hydrogen-bond donors (Lipinski definition) is 2. The van der Waals surface area contributed by atoms with Gasteiger partial charge >= 0.3 is 0 Å². The van der Waals surface area contributed by atoms with Crippen LogP contribution < -0.4 is 5.32 Å². The van der Waals surface area contributed by atoms with E-state index < -0.39 is 11.1 Å². The Bertz CT molecular complexity index is 394. The number of halogens is 1. The van der Waals surface area contributed by atoms with Gasteiger partial charge in [-0.1, -0.05) is 11.6 Å². The Hall–Kier alpha value is -0.910. The molecule has 1 amide bonds. The fraction of sp³-hybridized carbons (Fsp3) is 0.125. The summed E-state index contributed by atoms with van der Waals surface area (Å²) in [7, 11) is 0. The lowest BCUT2D eigenvalue weighted by molar-refractivity contribution is -0.114. The molecule has 1 atom stereocenters. The summed E-state index contributed by atoms with van der Waals surface area (Å²) < 4.78 is 19.5. The predicted octanol–water partition coefficient (Wildman–Crippen LogP) is 1.88. The highest BCUT2D eigenvalue weighted by molar-refractivity contribution is 7.79. The van der Waals surface area contributed by atoms with E-state index in [0.29, 0.717) is 5.69 Å². The van der Waals surface area contributed by atoms with Crippen LogP contribution in [0.4, 0.5) is 5.69 Å². The van der Waals surface area contributed by atoms with Crippen LogP contribution >= 0.6 is 11.6 Å². The van der Waals surface area contributed by atoms with E-state index in [9.17, 15) is 9.00 Å². The van der Waals surface area contributed by atoms with E-state index in [1.807, 2.05) is 0 Å². The van der Waals surface area contributed by atoms with Gasteiger partial charge in [0.1, 0.15) is 0 Å². The summed E-state index contributed by atoms with van der Waals surface area (Å²) in [6.45, 7) is 1.37. The zero-order valence-electron chi connectivity index (χ0n) is 7.28. The van der Waals surface area contributed by atoms with E-state index in [2.05, 4.69) is 5.32 Å². The third-order valence-corrected chi connectivity index (χ3v) is 2.60. The van der Waals surface area contributed by atoms with Crippen molar-refractivity contribution < 1.29 is 13.6 Å². The van der Waals surface area contributed by atoms with Crippen LogP contribution in [0.2, 0.25) is 5.02 Å². The highest BCUT2D eigenvalue weighted by Gasteiger charge is 2.07. The molecule has 0 bridgehead atoms. The average Bonchev–Trinajstić information content (AvgIpc) is 2.01. The van der Waals surface area contributed by atoms with Gasteiger partial charge in [0, 0.05) is 12.6 Å². The van der Waals surface area contributed by atoms with E-state index in [-0.39, 0.29) is 15.8 Å². The molecule has 0 radical (unpaired) electrons. The molecular weight excluding hydrogens is 226 g/mol. The Morgan fingerprint density at radius 3 is 2.64 bits per heavy atom. The van der Waals surface area contributed by atoms with E-state index >= 15 is 0 Å². The molecule has 76 valence electrons. The normalized spacial score (nSPS) is 12.2. The topological polar surface area (TPSA) is 66.4 Å². The van der Waals surface area contributed by atoms with Gasteiger partial charge in [0.2, 0.25) is 5.91 Å². The highest BCUT2D eigenvalue weighted by Crippen LogP contribution is 2.22. The second-order valence-electron chi connectivity index (χ2n) is 2.58. The van der Waals surface area contributed by atoms with Crippen molar-refractivity contribution in [3.8, 4) is 0 Å². The van der Waals surface area contributed by atoms with Gasteiger partial charge in [-0.3, -0.25) is 4.79 Å². The van der Waals surface area contributed by atoms with Gasteiger partial charge in [0.25, 0.3) is 0 Å². The predicted molar refractivity (Wildman–Crippen MR) is 54.8 cm³/mol. The molecule has 0 spiro atoms. The van der Waals surface area contributed by atoms with Crippen LogP contribution in [0, 0.1) is 0 Å². The van der Waals surface area contributed by atoms with Crippen molar-refractivity contribution in [2.75, 3.05) is 5.32 Å². The quantitative estimate of drug-likeness (QED) is 0.767. The molecule has 0 heterocycles. The first kappa shape index (κ1) is 11.2. The standard InChI is InChI=1S/C8H8ClNO3S/c1-5(11)10-6-2-3-8(14(12)13)7(9)4-6/h2-4H,1H3,(H,10,11)(H,12,13). The summed E-state index contributed by atoms with van der Waals surface area (Å²) in [4.78, 5) is 10.8. The number of carbonyl (C=O) groups excluding carboxylic acids is 1. The van der Waals surface area contributed by atoms with Gasteiger partial charge in [-0.25, -0.2) is 4.21 Å². The number of rotatable bonds is 2. The molecule has 0 aliphatic carbocycles. The summed E-state index contributed by atoms with van der Waals surface area (Å²) in [5.74, 6) is -0.223. The molecule has 0 aromatic heterocycles. The van der Waals surface area contributed by atoms with Crippen molar-refractivity contribution in [3.63, 3.8) is 0 Å². The molecule has 0 fully saturated rings. The zero-order valence-corrected chi connectivity index (χ0v) is 8.85. The first-order valence-electron chi connectivity index (χ1n) is 3.68. The first-order valence-corrected chi connectivity index (χ1v) is 5.17. The second kappa shape index (κ2) is 4.54. The monoisotopic (exact) mass is 233 g/mol. The molecule has 0 saturated heterocycles. The minimum absolute atomic E-state index is 0.126. The van der Waals surface area contributed by atoms with Gasteiger partial charge in [0.05, 0.1) is 9.92 Å². The number of carbonyl (C=O) groups is 1. The lowest BCUT2D eigenvalue weighted by atomic mass is 10.3. The summed E-state index contributed by atoms with van der Waals surface area (Å²) >= 11 is 3.60. The van der Waals surface area contributed by atoms with E-state index in [1.54, 1.807) is 0 Å². The number of anilines is 1. The maximum absolute atomic E-state index is 10.7. The largest absolute Gasteiger partial charge is 0.326 e.